The average molecular weight is 378 g/mol. The van der Waals surface area contributed by atoms with Crippen molar-refractivity contribution < 1.29 is 14.3 Å². The van der Waals surface area contributed by atoms with Crippen LogP contribution in [0.15, 0.2) is 42.5 Å². The Morgan fingerprint density at radius 3 is 2.46 bits per heavy atom. The predicted octanol–water partition coefficient (Wildman–Crippen LogP) is 3.72. The highest BCUT2D eigenvalue weighted by Crippen LogP contribution is 2.34. The van der Waals surface area contributed by atoms with Gasteiger partial charge in [-0.3, -0.25) is 9.59 Å². The van der Waals surface area contributed by atoms with Gasteiger partial charge in [0.05, 0.1) is 12.2 Å². The Morgan fingerprint density at radius 1 is 0.964 bits per heavy atom. The fraction of sp³-hybridized carbons (Fsp3) is 0.391. The smallest absolute Gasteiger partial charge is 0.265 e. The number of hydrogen-bond donors (Lipinski definition) is 0. The largest absolute Gasteiger partial charge is 0.476 e. The standard InChI is InChI=1S/C23H26N2O3/c1-16-10-11-18(14-17(16)2)22(26)25-15-21(23(27)24-12-6-3-7-13-24)28-20-9-5-4-8-19(20)25/h4-5,8-11,14,21H,3,6-7,12-13,15H2,1-2H3/t21-/m0/s1. The van der Waals surface area contributed by atoms with E-state index in [1.165, 1.54) is 0 Å². The van der Waals surface area contributed by atoms with Crippen molar-refractivity contribution in [2.45, 2.75) is 39.2 Å². The van der Waals surface area contributed by atoms with Gasteiger partial charge < -0.3 is 14.5 Å². The van der Waals surface area contributed by atoms with Crippen LogP contribution in [0.5, 0.6) is 5.75 Å². The van der Waals surface area contributed by atoms with E-state index in [-0.39, 0.29) is 18.4 Å². The van der Waals surface area contributed by atoms with Gasteiger partial charge in [-0.25, -0.2) is 0 Å². The van der Waals surface area contributed by atoms with Crippen molar-refractivity contribution in [2.75, 3.05) is 24.5 Å². The maximum atomic E-state index is 13.3. The molecule has 2 aliphatic rings. The summed E-state index contributed by atoms with van der Waals surface area (Å²) in [5.74, 6) is 0.462. The van der Waals surface area contributed by atoms with Crippen LogP contribution in [-0.4, -0.2) is 42.5 Å². The Bertz CT molecular complexity index is 902. The number of carbonyl (C=O) groups is 2. The van der Waals surface area contributed by atoms with E-state index in [4.69, 9.17) is 4.74 Å². The first-order chi connectivity index (χ1) is 13.5. The SMILES string of the molecule is Cc1ccc(C(=O)N2C[C@@H](C(=O)N3CCCCC3)Oc3ccccc32)cc1C. The van der Waals surface area contributed by atoms with Crippen LogP contribution >= 0.6 is 0 Å². The van der Waals surface area contributed by atoms with Crippen LogP contribution in [0, 0.1) is 13.8 Å². The Balaban J connectivity index is 1.64. The molecule has 5 heteroatoms. The molecule has 0 aliphatic carbocycles. The molecular formula is C23H26N2O3. The summed E-state index contributed by atoms with van der Waals surface area (Å²) in [6, 6.07) is 13.2. The van der Waals surface area contributed by atoms with Crippen molar-refractivity contribution in [3.05, 3.63) is 59.2 Å². The van der Waals surface area contributed by atoms with Gasteiger partial charge in [0, 0.05) is 18.7 Å². The Labute approximate surface area is 165 Å². The van der Waals surface area contributed by atoms with Gasteiger partial charge in [-0.15, -0.1) is 0 Å². The zero-order valence-corrected chi connectivity index (χ0v) is 16.5. The Kier molecular flexibility index (Phi) is 5.07. The van der Waals surface area contributed by atoms with Gasteiger partial charge in [-0.2, -0.15) is 0 Å². The van der Waals surface area contributed by atoms with Crippen molar-refractivity contribution in [1.82, 2.24) is 4.90 Å². The first-order valence-corrected chi connectivity index (χ1v) is 9.98. The molecule has 0 radical (unpaired) electrons. The minimum Gasteiger partial charge on any atom is -0.476 e. The summed E-state index contributed by atoms with van der Waals surface area (Å²) in [7, 11) is 0. The van der Waals surface area contributed by atoms with Crippen LogP contribution in [0.1, 0.15) is 40.7 Å². The molecule has 0 N–H and O–H groups in total. The highest BCUT2D eigenvalue weighted by Gasteiger charge is 2.36. The van der Waals surface area contributed by atoms with Crippen molar-refractivity contribution in [3.63, 3.8) is 0 Å². The molecule has 1 fully saturated rings. The molecule has 1 saturated heterocycles. The van der Waals surface area contributed by atoms with Gasteiger partial charge >= 0.3 is 0 Å². The fourth-order valence-electron chi connectivity index (χ4n) is 3.90. The van der Waals surface area contributed by atoms with Gasteiger partial charge in [0.15, 0.2) is 6.10 Å². The number of amides is 2. The lowest BCUT2D eigenvalue weighted by Gasteiger charge is -2.37. The first kappa shape index (κ1) is 18.5. The molecular weight excluding hydrogens is 352 g/mol. The van der Waals surface area contributed by atoms with Crippen LogP contribution in [0.2, 0.25) is 0 Å². The molecule has 0 saturated carbocycles. The van der Waals surface area contributed by atoms with E-state index < -0.39 is 6.10 Å². The summed E-state index contributed by atoms with van der Waals surface area (Å²) in [6.45, 7) is 5.80. The summed E-state index contributed by atoms with van der Waals surface area (Å²) in [5.41, 5.74) is 3.57. The normalized spacial score (nSPS) is 19.0. The predicted molar refractivity (Wildman–Crippen MR) is 109 cm³/mol. The third kappa shape index (κ3) is 3.49. The minimum atomic E-state index is -0.663. The first-order valence-electron chi connectivity index (χ1n) is 9.98. The van der Waals surface area contributed by atoms with Crippen LogP contribution < -0.4 is 9.64 Å². The molecule has 28 heavy (non-hydrogen) atoms. The van der Waals surface area contributed by atoms with Gasteiger partial charge in [0.25, 0.3) is 11.8 Å². The quantitative estimate of drug-likeness (QED) is 0.800. The molecule has 4 rings (SSSR count). The monoisotopic (exact) mass is 378 g/mol. The minimum absolute atomic E-state index is 0.0212. The van der Waals surface area contributed by atoms with E-state index in [2.05, 4.69) is 0 Å². The molecule has 1 atom stereocenters. The van der Waals surface area contributed by atoms with Crippen LogP contribution in [-0.2, 0) is 4.79 Å². The lowest BCUT2D eigenvalue weighted by molar-refractivity contribution is -0.139. The summed E-state index contributed by atoms with van der Waals surface area (Å²) >= 11 is 0. The number of piperidine rings is 1. The molecule has 146 valence electrons. The fourth-order valence-corrected chi connectivity index (χ4v) is 3.90. The number of para-hydroxylation sites is 2. The van der Waals surface area contributed by atoms with Gasteiger partial charge in [0.2, 0.25) is 0 Å². The molecule has 0 aromatic heterocycles. The number of nitrogens with zero attached hydrogens (tertiary/aromatic N) is 2. The van der Waals surface area contributed by atoms with E-state index in [9.17, 15) is 9.59 Å². The molecule has 2 heterocycles. The Morgan fingerprint density at radius 2 is 1.71 bits per heavy atom. The number of fused-ring (bicyclic) bond motifs is 1. The summed E-state index contributed by atoms with van der Waals surface area (Å²) in [5, 5.41) is 0. The maximum absolute atomic E-state index is 13.3. The molecule has 2 amide bonds. The highest BCUT2D eigenvalue weighted by molar-refractivity contribution is 6.08. The number of likely N-dealkylation sites (tertiary alicyclic amines) is 1. The van der Waals surface area contributed by atoms with Crippen LogP contribution in [0.25, 0.3) is 0 Å². The number of benzene rings is 2. The lowest BCUT2D eigenvalue weighted by atomic mass is 10.0. The summed E-state index contributed by atoms with van der Waals surface area (Å²) in [6.07, 6.45) is 2.56. The van der Waals surface area contributed by atoms with E-state index in [0.717, 1.165) is 43.5 Å². The zero-order chi connectivity index (χ0) is 19.7. The Hall–Kier alpha value is -2.82. The van der Waals surface area contributed by atoms with Crippen molar-refractivity contribution in [3.8, 4) is 5.75 Å². The van der Waals surface area contributed by atoms with Crippen molar-refractivity contribution in [1.29, 1.82) is 0 Å². The summed E-state index contributed by atoms with van der Waals surface area (Å²) < 4.78 is 6.02. The number of rotatable bonds is 2. The van der Waals surface area contributed by atoms with E-state index in [1.807, 2.05) is 61.2 Å². The van der Waals surface area contributed by atoms with Crippen molar-refractivity contribution in [2.24, 2.45) is 0 Å². The van der Waals surface area contributed by atoms with Gasteiger partial charge in [-0.05, 0) is 68.5 Å². The molecule has 2 aromatic carbocycles. The molecule has 0 unspecified atom stereocenters. The molecule has 0 bridgehead atoms. The lowest BCUT2D eigenvalue weighted by Crippen LogP contribution is -2.52. The van der Waals surface area contributed by atoms with E-state index in [1.54, 1.807) is 4.90 Å². The van der Waals surface area contributed by atoms with Crippen LogP contribution in [0.4, 0.5) is 5.69 Å². The molecule has 2 aliphatic heterocycles. The second-order valence-corrected chi connectivity index (χ2v) is 7.67. The molecule has 2 aromatic rings. The second-order valence-electron chi connectivity index (χ2n) is 7.67. The molecule has 5 nitrogen and oxygen atoms in total. The number of carbonyl (C=O) groups excluding carboxylic acids is 2. The topological polar surface area (TPSA) is 49.9 Å². The molecule has 0 spiro atoms. The average Bonchev–Trinajstić information content (AvgIpc) is 2.74. The third-order valence-electron chi connectivity index (χ3n) is 5.72. The van der Waals surface area contributed by atoms with Gasteiger partial charge in [-0.1, -0.05) is 18.2 Å². The van der Waals surface area contributed by atoms with E-state index in [0.29, 0.717) is 17.0 Å². The van der Waals surface area contributed by atoms with E-state index >= 15 is 0 Å². The number of aryl methyl sites for hydroxylation is 2. The number of anilines is 1. The third-order valence-corrected chi connectivity index (χ3v) is 5.72. The zero-order valence-electron chi connectivity index (χ0n) is 16.5. The van der Waals surface area contributed by atoms with Crippen LogP contribution in [0.3, 0.4) is 0 Å². The van der Waals surface area contributed by atoms with Gasteiger partial charge in [0.1, 0.15) is 5.75 Å². The second kappa shape index (κ2) is 7.66. The summed E-state index contributed by atoms with van der Waals surface area (Å²) in [4.78, 5) is 29.9. The highest BCUT2D eigenvalue weighted by atomic mass is 16.5. The number of hydrogen-bond acceptors (Lipinski definition) is 3. The maximum Gasteiger partial charge on any atom is 0.265 e. The van der Waals surface area contributed by atoms with Crippen molar-refractivity contribution >= 4 is 17.5 Å². The number of ether oxygens (including phenoxy) is 1.